The number of carbonyl (C=O) groups excluding carboxylic acids is 1. The molecule has 1 fully saturated rings. The minimum Gasteiger partial charge on any atom is -0.760 e. The number of carbonyl (C=O) groups is 1. The van der Waals surface area contributed by atoms with Crippen LogP contribution in [0.4, 0.5) is 4.79 Å². The average molecular weight is 378 g/mol. The third-order valence-electron chi connectivity index (χ3n) is 2.71. The fraction of sp³-hybridized carbons (Fsp3) is 0.562. The van der Waals surface area contributed by atoms with E-state index in [1.54, 1.807) is 4.90 Å². The van der Waals surface area contributed by atoms with Crippen molar-refractivity contribution >= 4 is 27.1 Å². The molecule has 0 aromatic heterocycles. The van der Waals surface area contributed by atoms with Crippen molar-refractivity contribution in [2.45, 2.75) is 33.3 Å². The van der Waals surface area contributed by atoms with Gasteiger partial charge in [0.1, 0.15) is 5.60 Å². The van der Waals surface area contributed by atoms with Crippen molar-refractivity contribution in [3.63, 3.8) is 0 Å². The summed E-state index contributed by atoms with van der Waals surface area (Å²) in [6.45, 7) is 10.9. The van der Waals surface area contributed by atoms with E-state index in [2.05, 4.69) is 35.1 Å². The summed E-state index contributed by atoms with van der Waals surface area (Å²) in [5, 5.41) is 3.18. The van der Waals surface area contributed by atoms with Gasteiger partial charge in [-0.25, -0.2) is 4.79 Å². The Hall–Kier alpha value is -1.15. The lowest BCUT2D eigenvalue weighted by molar-refractivity contribution is 0.0229. The molecule has 1 unspecified atom stereocenters. The number of hydrogen-bond acceptors (Lipinski definition) is 5. The summed E-state index contributed by atoms with van der Waals surface area (Å²) in [5.74, 6) is 0. The van der Waals surface area contributed by atoms with E-state index >= 15 is 0 Å². The molecule has 8 heteroatoms. The molecule has 0 radical (unpaired) electrons. The topological polar surface area (TPSA) is 81.7 Å². The quantitative estimate of drug-likeness (QED) is 0.555. The molecule has 1 atom stereocenters. The van der Waals surface area contributed by atoms with E-state index in [1.807, 2.05) is 39.0 Å². The molecule has 1 aromatic rings. The van der Waals surface area contributed by atoms with Crippen LogP contribution in [-0.2, 0) is 15.0 Å². The van der Waals surface area contributed by atoms with E-state index in [0.29, 0.717) is 0 Å². The third kappa shape index (κ3) is 14.4. The highest BCUT2D eigenvalue weighted by atomic mass is 35.7. The van der Waals surface area contributed by atoms with Crippen LogP contribution in [0.3, 0.4) is 0 Å². The average Bonchev–Trinajstić information content (AvgIpc) is 2.47. The van der Waals surface area contributed by atoms with Crippen LogP contribution in [0.2, 0.25) is 0 Å². The SMILES string of the molecule is CC(C)(C)OC(=O)N1CCNCC1.Cc1ccccc1.O=S([O-])Cl. The number of benzene rings is 1. The van der Waals surface area contributed by atoms with Crippen LogP contribution in [0.5, 0.6) is 0 Å². The van der Waals surface area contributed by atoms with E-state index in [9.17, 15) is 4.79 Å². The zero-order valence-electron chi connectivity index (χ0n) is 14.6. The highest BCUT2D eigenvalue weighted by Crippen LogP contribution is 2.09. The summed E-state index contributed by atoms with van der Waals surface area (Å²) < 4.78 is 22.8. The standard InChI is InChI=1S/C9H18N2O2.C7H8.ClHO2S/c1-9(2,3)13-8(12)11-6-4-10-5-7-11;1-7-5-3-2-4-6-7;1-4(2)3/h10H,4-7H2,1-3H3;2-6H,1H3;(H,2,3)/p-1. The summed E-state index contributed by atoms with van der Waals surface area (Å²) >= 11 is 0. The molecule has 6 nitrogen and oxygen atoms in total. The van der Waals surface area contributed by atoms with Crippen molar-refractivity contribution in [3.05, 3.63) is 35.9 Å². The van der Waals surface area contributed by atoms with Gasteiger partial charge in [-0.2, -0.15) is 0 Å². The number of hydrogen-bond donors (Lipinski definition) is 1. The molecule has 138 valence electrons. The number of ether oxygens (including phenoxy) is 1. The van der Waals surface area contributed by atoms with Gasteiger partial charge < -0.3 is 19.5 Å². The molecule has 0 aliphatic carbocycles. The van der Waals surface area contributed by atoms with E-state index in [0.717, 1.165) is 26.2 Å². The first-order valence-corrected chi connectivity index (χ1v) is 9.47. The summed E-state index contributed by atoms with van der Waals surface area (Å²) in [5.41, 5.74) is 0.935. The number of amides is 1. The molecule has 24 heavy (non-hydrogen) atoms. The second-order valence-electron chi connectivity index (χ2n) is 6.07. The lowest BCUT2D eigenvalue weighted by atomic mass is 10.2. The molecule has 1 heterocycles. The van der Waals surface area contributed by atoms with E-state index < -0.39 is 10.3 Å². The van der Waals surface area contributed by atoms with Gasteiger partial charge in [0.2, 0.25) is 0 Å². The van der Waals surface area contributed by atoms with Gasteiger partial charge in [0.25, 0.3) is 0 Å². The predicted molar refractivity (Wildman–Crippen MR) is 96.6 cm³/mol. The normalized spacial score (nSPS) is 15.2. The summed E-state index contributed by atoms with van der Waals surface area (Å²) in [6.07, 6.45) is -0.200. The number of halogens is 1. The van der Waals surface area contributed by atoms with Crippen LogP contribution in [0.25, 0.3) is 0 Å². The van der Waals surface area contributed by atoms with Gasteiger partial charge >= 0.3 is 6.09 Å². The Bertz CT molecular complexity index is 485. The molecule has 0 saturated carbocycles. The molecule has 0 bridgehead atoms. The maximum absolute atomic E-state index is 11.5. The van der Waals surface area contributed by atoms with Gasteiger partial charge in [0.05, 0.1) is 0 Å². The smallest absolute Gasteiger partial charge is 0.410 e. The zero-order chi connectivity index (χ0) is 18.6. The van der Waals surface area contributed by atoms with Crippen LogP contribution in [-0.4, -0.2) is 51.5 Å². The van der Waals surface area contributed by atoms with Crippen LogP contribution in [0.1, 0.15) is 26.3 Å². The number of nitrogens with zero attached hydrogens (tertiary/aromatic N) is 1. The molecule has 2 rings (SSSR count). The van der Waals surface area contributed by atoms with Crippen molar-refractivity contribution in [2.75, 3.05) is 26.2 Å². The number of piperazine rings is 1. The van der Waals surface area contributed by atoms with Gasteiger partial charge in [0, 0.05) is 36.5 Å². The van der Waals surface area contributed by atoms with Crippen LogP contribution in [0, 0.1) is 6.92 Å². The number of rotatable bonds is 0. The second kappa shape index (κ2) is 12.2. The summed E-state index contributed by atoms with van der Waals surface area (Å²) in [4.78, 5) is 13.2. The third-order valence-corrected chi connectivity index (χ3v) is 2.71. The zero-order valence-corrected chi connectivity index (χ0v) is 16.2. The number of nitrogens with one attached hydrogen (secondary N) is 1. The highest BCUT2D eigenvalue weighted by molar-refractivity contribution is 8.03. The maximum atomic E-state index is 11.5. The maximum Gasteiger partial charge on any atom is 0.410 e. The van der Waals surface area contributed by atoms with Crippen molar-refractivity contribution in [1.82, 2.24) is 10.2 Å². The fourth-order valence-electron chi connectivity index (χ4n) is 1.71. The van der Waals surface area contributed by atoms with Crippen molar-refractivity contribution in [3.8, 4) is 0 Å². The Kier molecular flexibility index (Phi) is 11.7. The molecule has 0 spiro atoms. The molecule has 1 aromatic carbocycles. The minimum absolute atomic E-state index is 0.200. The van der Waals surface area contributed by atoms with Gasteiger partial charge in [-0.3, -0.25) is 4.21 Å². The molecule has 1 aliphatic heterocycles. The van der Waals surface area contributed by atoms with Crippen LogP contribution >= 0.6 is 10.7 Å². The van der Waals surface area contributed by atoms with Gasteiger partial charge in [-0.15, -0.1) is 0 Å². The Balaban J connectivity index is 0.000000401. The minimum atomic E-state index is -2.39. The molecule has 1 saturated heterocycles. The first kappa shape index (κ1) is 22.9. The van der Waals surface area contributed by atoms with Crippen molar-refractivity contribution < 1.29 is 18.3 Å². The molecular formula is C16H26ClN2O4S-. The fourth-order valence-corrected chi connectivity index (χ4v) is 1.71. The lowest BCUT2D eigenvalue weighted by Gasteiger charge is -2.30. The Labute approximate surface area is 151 Å². The van der Waals surface area contributed by atoms with E-state index in [-0.39, 0.29) is 11.7 Å². The second-order valence-corrected chi connectivity index (χ2v) is 7.21. The predicted octanol–water partition coefficient (Wildman–Crippen LogP) is 2.84. The monoisotopic (exact) mass is 377 g/mol. The number of aryl methyl sites for hydroxylation is 1. The Morgan fingerprint density at radius 3 is 2.04 bits per heavy atom. The summed E-state index contributed by atoms with van der Waals surface area (Å²) in [7, 11) is 1.80. The summed E-state index contributed by atoms with van der Waals surface area (Å²) in [6, 6.07) is 10.3. The first-order valence-electron chi connectivity index (χ1n) is 7.57. The van der Waals surface area contributed by atoms with Gasteiger partial charge in [-0.05, 0) is 38.4 Å². The lowest BCUT2D eigenvalue weighted by Crippen LogP contribution is -2.48. The molecule has 1 aliphatic rings. The van der Waals surface area contributed by atoms with Gasteiger partial charge in [-0.1, -0.05) is 35.9 Å². The molecule has 1 amide bonds. The van der Waals surface area contributed by atoms with E-state index in [1.165, 1.54) is 5.56 Å². The molecule has 1 N–H and O–H groups in total. The van der Waals surface area contributed by atoms with Crippen molar-refractivity contribution in [1.29, 1.82) is 0 Å². The van der Waals surface area contributed by atoms with Gasteiger partial charge in [0.15, 0.2) is 0 Å². The Morgan fingerprint density at radius 2 is 1.71 bits per heavy atom. The Morgan fingerprint density at radius 1 is 1.25 bits per heavy atom. The highest BCUT2D eigenvalue weighted by Gasteiger charge is 2.22. The van der Waals surface area contributed by atoms with E-state index in [4.69, 9.17) is 13.5 Å². The van der Waals surface area contributed by atoms with Crippen LogP contribution in [0.15, 0.2) is 30.3 Å². The largest absolute Gasteiger partial charge is 0.760 e. The first-order chi connectivity index (χ1) is 11.1. The van der Waals surface area contributed by atoms with Crippen LogP contribution < -0.4 is 5.32 Å². The van der Waals surface area contributed by atoms with Crippen molar-refractivity contribution in [2.24, 2.45) is 0 Å². The molecular weight excluding hydrogens is 352 g/mol.